The van der Waals surface area contributed by atoms with Crippen molar-refractivity contribution < 1.29 is 19.2 Å². The van der Waals surface area contributed by atoms with Gasteiger partial charge in [-0.2, -0.15) is 0 Å². The molecule has 1 saturated heterocycles. The van der Waals surface area contributed by atoms with E-state index in [4.69, 9.17) is 11.6 Å². The maximum Gasteiger partial charge on any atom is 0.327 e. The van der Waals surface area contributed by atoms with E-state index in [0.29, 0.717) is 30.8 Å². The van der Waals surface area contributed by atoms with Gasteiger partial charge in [0.1, 0.15) is 6.54 Å². The van der Waals surface area contributed by atoms with E-state index in [-0.39, 0.29) is 42.8 Å². The summed E-state index contributed by atoms with van der Waals surface area (Å²) in [5.41, 5.74) is 1.65. The normalized spacial score (nSPS) is 19.4. The first-order valence-corrected chi connectivity index (χ1v) is 13.3. The summed E-state index contributed by atoms with van der Waals surface area (Å²) in [5.74, 6) is -0.800. The number of benzene rings is 2. The monoisotopic (exact) mass is 524 g/mol. The van der Waals surface area contributed by atoms with Crippen LogP contribution in [0.3, 0.4) is 0 Å². The van der Waals surface area contributed by atoms with Crippen molar-refractivity contribution in [2.24, 2.45) is 5.92 Å². The van der Waals surface area contributed by atoms with Gasteiger partial charge < -0.3 is 15.5 Å². The number of unbranched alkanes of at least 4 members (excludes halogenated alkanes) is 1. The molecule has 2 fully saturated rings. The Hall–Kier alpha value is -3.39. The molecule has 2 aliphatic rings. The first kappa shape index (κ1) is 26.7. The number of hydrogen-bond acceptors (Lipinski definition) is 4. The average molecular weight is 525 g/mol. The van der Waals surface area contributed by atoms with Crippen LogP contribution in [-0.2, 0) is 20.9 Å². The number of carbonyl (C=O) groups excluding carboxylic acids is 4. The lowest BCUT2D eigenvalue weighted by molar-refractivity contribution is -0.142. The molecule has 4 rings (SSSR count). The van der Waals surface area contributed by atoms with Crippen LogP contribution in [0.15, 0.2) is 54.6 Å². The van der Waals surface area contributed by atoms with Gasteiger partial charge in [0, 0.05) is 36.3 Å². The summed E-state index contributed by atoms with van der Waals surface area (Å²) in [6, 6.07) is 15.8. The van der Waals surface area contributed by atoms with E-state index in [1.165, 1.54) is 4.90 Å². The van der Waals surface area contributed by atoms with Crippen LogP contribution in [-0.4, -0.2) is 52.7 Å². The Balaban J connectivity index is 1.31. The van der Waals surface area contributed by atoms with E-state index < -0.39 is 6.03 Å². The van der Waals surface area contributed by atoms with Crippen molar-refractivity contribution in [1.29, 1.82) is 0 Å². The molecule has 8 nitrogen and oxygen atoms in total. The molecule has 2 aromatic carbocycles. The van der Waals surface area contributed by atoms with Gasteiger partial charge in [0.25, 0.3) is 0 Å². The average Bonchev–Trinajstić information content (AvgIpc) is 2.91. The second-order valence-electron chi connectivity index (χ2n) is 9.63. The predicted molar refractivity (Wildman–Crippen MR) is 142 cm³/mol. The van der Waals surface area contributed by atoms with Crippen LogP contribution in [0.1, 0.15) is 50.5 Å². The summed E-state index contributed by atoms with van der Waals surface area (Å²) in [4.78, 5) is 54.4. The molecule has 196 valence electrons. The van der Waals surface area contributed by atoms with Crippen LogP contribution < -0.4 is 10.6 Å². The molecule has 1 heterocycles. The van der Waals surface area contributed by atoms with Gasteiger partial charge in [0.05, 0.1) is 5.92 Å². The molecule has 2 aromatic rings. The van der Waals surface area contributed by atoms with Crippen LogP contribution in [0.4, 0.5) is 10.5 Å². The Morgan fingerprint density at radius 3 is 2.41 bits per heavy atom. The number of nitrogens with one attached hydrogen (secondary N) is 2. The topological polar surface area (TPSA) is 98.8 Å². The number of fused-ring (bicyclic) bond motifs is 1. The van der Waals surface area contributed by atoms with Gasteiger partial charge in [-0.1, -0.05) is 54.8 Å². The molecule has 2 atom stereocenters. The standard InChI is InChI=1S/C28H33ClN4O4/c29-21-15-13-20(14-16-21)18-30-26(35)19-33-24-11-5-4-10-23(24)27(36)32(28(33)37)17-7-6-12-25(34)31-22-8-2-1-3-9-22/h1-3,8-9,13-16,23-24H,4-7,10-12,17-19H2,(H,30,35)(H,31,34). The van der Waals surface area contributed by atoms with E-state index in [2.05, 4.69) is 10.6 Å². The minimum Gasteiger partial charge on any atom is -0.350 e. The molecule has 1 saturated carbocycles. The number of rotatable bonds is 10. The lowest BCUT2D eigenvalue weighted by atomic mass is 9.81. The zero-order valence-corrected chi connectivity index (χ0v) is 21.6. The molecule has 0 bridgehead atoms. The van der Waals surface area contributed by atoms with Crippen LogP contribution in [0.2, 0.25) is 5.02 Å². The predicted octanol–water partition coefficient (Wildman–Crippen LogP) is 4.59. The van der Waals surface area contributed by atoms with E-state index in [1.54, 1.807) is 17.0 Å². The number of nitrogens with zero attached hydrogens (tertiary/aromatic N) is 2. The van der Waals surface area contributed by atoms with E-state index >= 15 is 0 Å². The van der Waals surface area contributed by atoms with Crippen molar-refractivity contribution in [2.45, 2.75) is 57.5 Å². The Bertz CT molecular complexity index is 1110. The summed E-state index contributed by atoms with van der Waals surface area (Å²) < 4.78 is 0. The summed E-state index contributed by atoms with van der Waals surface area (Å²) >= 11 is 5.92. The fourth-order valence-corrected chi connectivity index (χ4v) is 5.19. The number of anilines is 1. The zero-order valence-electron chi connectivity index (χ0n) is 20.8. The molecule has 5 amide bonds. The summed E-state index contributed by atoms with van der Waals surface area (Å²) in [6.45, 7) is 0.485. The number of urea groups is 1. The Morgan fingerprint density at radius 1 is 0.919 bits per heavy atom. The zero-order chi connectivity index (χ0) is 26.2. The third-order valence-corrected chi connectivity index (χ3v) is 7.25. The molecular weight excluding hydrogens is 492 g/mol. The van der Waals surface area contributed by atoms with E-state index in [9.17, 15) is 19.2 Å². The highest BCUT2D eigenvalue weighted by Crippen LogP contribution is 2.34. The van der Waals surface area contributed by atoms with Gasteiger partial charge in [-0.3, -0.25) is 19.3 Å². The summed E-state index contributed by atoms with van der Waals surface area (Å²) in [6.07, 6.45) is 4.68. The fraction of sp³-hybridized carbons (Fsp3) is 0.429. The van der Waals surface area contributed by atoms with Crippen LogP contribution >= 0.6 is 11.6 Å². The minimum atomic E-state index is -0.413. The second-order valence-corrected chi connectivity index (χ2v) is 10.1. The maximum absolute atomic E-state index is 13.4. The number of carbonyl (C=O) groups is 4. The van der Waals surface area contributed by atoms with E-state index in [0.717, 1.165) is 36.9 Å². The third kappa shape index (κ3) is 7.10. The number of imide groups is 1. The number of hydrogen-bond donors (Lipinski definition) is 2. The Labute approximate surface area is 222 Å². The van der Waals surface area contributed by atoms with Crippen LogP contribution in [0.25, 0.3) is 0 Å². The highest BCUT2D eigenvalue weighted by Gasteiger charge is 2.47. The molecule has 9 heteroatoms. The molecular formula is C28H33ClN4O4. The number of para-hydroxylation sites is 1. The molecule has 1 aliphatic carbocycles. The Morgan fingerprint density at radius 2 is 1.65 bits per heavy atom. The SMILES string of the molecule is O=C(CN1C(=O)N(CCCCC(=O)Nc2ccccc2)C(=O)C2CCCCC21)NCc1ccc(Cl)cc1. The molecule has 2 N–H and O–H groups in total. The van der Waals surface area contributed by atoms with Crippen molar-refractivity contribution in [1.82, 2.24) is 15.1 Å². The fourth-order valence-electron chi connectivity index (χ4n) is 5.07. The second kappa shape index (κ2) is 12.7. The van der Waals surface area contributed by atoms with Gasteiger partial charge >= 0.3 is 6.03 Å². The first-order chi connectivity index (χ1) is 17.9. The lowest BCUT2D eigenvalue weighted by Crippen LogP contribution is -2.63. The third-order valence-electron chi connectivity index (χ3n) is 7.00. The quantitative estimate of drug-likeness (QED) is 0.444. The van der Waals surface area contributed by atoms with Gasteiger partial charge in [0.2, 0.25) is 17.7 Å². The molecule has 2 unspecified atom stereocenters. The first-order valence-electron chi connectivity index (χ1n) is 12.9. The largest absolute Gasteiger partial charge is 0.350 e. The van der Waals surface area contributed by atoms with Gasteiger partial charge in [-0.05, 0) is 55.5 Å². The van der Waals surface area contributed by atoms with Crippen molar-refractivity contribution in [3.05, 3.63) is 65.2 Å². The summed E-state index contributed by atoms with van der Waals surface area (Å²) in [5, 5.41) is 6.34. The molecule has 0 aromatic heterocycles. The van der Waals surface area contributed by atoms with Gasteiger partial charge in [-0.15, -0.1) is 0 Å². The van der Waals surface area contributed by atoms with Crippen LogP contribution in [0, 0.1) is 5.92 Å². The Kier molecular flexibility index (Phi) is 9.17. The molecule has 37 heavy (non-hydrogen) atoms. The van der Waals surface area contributed by atoms with Crippen molar-refractivity contribution in [3.8, 4) is 0 Å². The van der Waals surface area contributed by atoms with Gasteiger partial charge in [0.15, 0.2) is 0 Å². The van der Waals surface area contributed by atoms with Crippen molar-refractivity contribution in [3.63, 3.8) is 0 Å². The highest BCUT2D eigenvalue weighted by molar-refractivity contribution is 6.30. The smallest absolute Gasteiger partial charge is 0.327 e. The minimum absolute atomic E-state index is 0.0865. The number of halogens is 1. The lowest BCUT2D eigenvalue weighted by Gasteiger charge is -2.46. The van der Waals surface area contributed by atoms with Crippen LogP contribution in [0.5, 0.6) is 0 Å². The molecule has 1 aliphatic heterocycles. The number of amides is 5. The maximum atomic E-state index is 13.4. The summed E-state index contributed by atoms with van der Waals surface area (Å²) in [7, 11) is 0. The van der Waals surface area contributed by atoms with Gasteiger partial charge in [-0.25, -0.2) is 4.79 Å². The van der Waals surface area contributed by atoms with E-state index in [1.807, 2.05) is 42.5 Å². The highest BCUT2D eigenvalue weighted by atomic mass is 35.5. The van der Waals surface area contributed by atoms with Crippen molar-refractivity contribution in [2.75, 3.05) is 18.4 Å². The molecule has 0 spiro atoms. The van der Waals surface area contributed by atoms with Crippen molar-refractivity contribution >= 4 is 41.0 Å². The molecule has 0 radical (unpaired) electrons.